The van der Waals surface area contributed by atoms with Crippen LogP contribution in [0, 0.1) is 11.3 Å². The van der Waals surface area contributed by atoms with Crippen LogP contribution in [0.5, 0.6) is 5.75 Å². The standard InChI is InChI=1S/C19H24F3NO3/c1-2-13(10-24)17(25)23-11-18(12-23)7-6-15(9-18)14-4-3-5-16(8-14)26-19(20,21)22/h3-5,8,13,15,24H,2,6-7,9-12H2,1H3/t13-,15-/m1/s1. The van der Waals surface area contributed by atoms with E-state index < -0.39 is 6.36 Å². The molecule has 1 heterocycles. The van der Waals surface area contributed by atoms with Crippen LogP contribution in [0.25, 0.3) is 0 Å². The maximum atomic E-state index is 12.4. The second-order valence-electron chi connectivity index (χ2n) is 7.54. The third-order valence-corrected chi connectivity index (χ3v) is 5.69. The Balaban J connectivity index is 1.60. The van der Waals surface area contributed by atoms with Gasteiger partial charge in [0.25, 0.3) is 0 Å². The predicted molar refractivity (Wildman–Crippen MR) is 89.6 cm³/mol. The van der Waals surface area contributed by atoms with Crippen LogP contribution >= 0.6 is 0 Å². The number of hydrogen-bond donors (Lipinski definition) is 1. The van der Waals surface area contributed by atoms with Crippen molar-refractivity contribution < 1.29 is 27.8 Å². The van der Waals surface area contributed by atoms with Crippen LogP contribution in [0.15, 0.2) is 24.3 Å². The quantitative estimate of drug-likeness (QED) is 0.859. The first-order chi connectivity index (χ1) is 12.3. The molecule has 1 aliphatic carbocycles. The number of carbonyl (C=O) groups is 1. The number of alkyl halides is 3. The van der Waals surface area contributed by atoms with Crippen molar-refractivity contribution in [3.05, 3.63) is 29.8 Å². The first-order valence-corrected chi connectivity index (χ1v) is 9.00. The van der Waals surface area contributed by atoms with Gasteiger partial charge in [0.05, 0.1) is 12.5 Å². The first kappa shape index (κ1) is 19.0. The average Bonchev–Trinajstić information content (AvgIpc) is 2.99. The second kappa shape index (κ2) is 7.10. The Hall–Kier alpha value is -1.76. The molecule has 1 aromatic rings. The SMILES string of the molecule is CC[C@H](CO)C(=O)N1CC2(CC[C@@H](c3cccc(OC(F)(F)F)c3)C2)C1. The zero-order valence-electron chi connectivity index (χ0n) is 14.8. The molecule has 0 aromatic heterocycles. The summed E-state index contributed by atoms with van der Waals surface area (Å²) in [5, 5.41) is 9.28. The van der Waals surface area contributed by atoms with E-state index in [-0.39, 0.29) is 35.5 Å². The first-order valence-electron chi connectivity index (χ1n) is 9.00. The molecule has 0 radical (unpaired) electrons. The Kier molecular flexibility index (Phi) is 5.19. The van der Waals surface area contributed by atoms with E-state index in [1.54, 1.807) is 11.0 Å². The average molecular weight is 371 g/mol. The summed E-state index contributed by atoms with van der Waals surface area (Å²) in [7, 11) is 0. The summed E-state index contributed by atoms with van der Waals surface area (Å²) in [5.74, 6) is -0.329. The molecule has 1 saturated carbocycles. The Bertz CT molecular complexity index is 652. The molecule has 1 amide bonds. The summed E-state index contributed by atoms with van der Waals surface area (Å²) < 4.78 is 41.2. The zero-order chi connectivity index (χ0) is 18.9. The van der Waals surface area contributed by atoms with Gasteiger partial charge in [0.1, 0.15) is 5.75 Å². The van der Waals surface area contributed by atoms with Crippen molar-refractivity contribution >= 4 is 5.91 Å². The summed E-state index contributed by atoms with van der Waals surface area (Å²) in [4.78, 5) is 14.1. The van der Waals surface area contributed by atoms with Crippen LogP contribution in [0.3, 0.4) is 0 Å². The number of likely N-dealkylation sites (tertiary alicyclic amines) is 1. The van der Waals surface area contributed by atoms with E-state index in [2.05, 4.69) is 4.74 Å². The molecule has 1 aliphatic heterocycles. The highest BCUT2D eigenvalue weighted by atomic mass is 19.4. The van der Waals surface area contributed by atoms with Gasteiger partial charge in [0.2, 0.25) is 5.91 Å². The maximum absolute atomic E-state index is 12.4. The van der Waals surface area contributed by atoms with Gasteiger partial charge < -0.3 is 14.7 Å². The fourth-order valence-corrected chi connectivity index (χ4v) is 4.30. The molecule has 3 rings (SSSR count). The van der Waals surface area contributed by atoms with Crippen LogP contribution in [-0.2, 0) is 4.79 Å². The van der Waals surface area contributed by atoms with Gasteiger partial charge in [-0.2, -0.15) is 0 Å². The Labute approximate surface area is 150 Å². The van der Waals surface area contributed by atoms with Gasteiger partial charge in [-0.25, -0.2) is 0 Å². The molecule has 144 valence electrons. The van der Waals surface area contributed by atoms with Gasteiger partial charge in [0.15, 0.2) is 0 Å². The monoisotopic (exact) mass is 371 g/mol. The van der Waals surface area contributed by atoms with Gasteiger partial charge in [-0.15, -0.1) is 13.2 Å². The molecule has 4 nitrogen and oxygen atoms in total. The third kappa shape index (κ3) is 3.98. The number of aliphatic hydroxyl groups is 1. The number of halogens is 3. The zero-order valence-corrected chi connectivity index (χ0v) is 14.8. The predicted octanol–water partition coefficient (Wildman–Crippen LogP) is 3.70. The second-order valence-corrected chi connectivity index (χ2v) is 7.54. The number of carbonyl (C=O) groups excluding carboxylic acids is 1. The van der Waals surface area contributed by atoms with Gasteiger partial charge in [0, 0.05) is 18.5 Å². The molecule has 26 heavy (non-hydrogen) atoms. The van der Waals surface area contributed by atoms with Gasteiger partial charge in [-0.05, 0) is 49.3 Å². The minimum atomic E-state index is -4.69. The highest BCUT2D eigenvalue weighted by Gasteiger charge is 2.50. The fourth-order valence-electron chi connectivity index (χ4n) is 4.30. The van der Waals surface area contributed by atoms with Crippen molar-refractivity contribution in [1.82, 2.24) is 4.90 Å². The van der Waals surface area contributed by atoms with Crippen molar-refractivity contribution in [1.29, 1.82) is 0 Å². The molecule has 0 unspecified atom stereocenters. The van der Waals surface area contributed by atoms with Crippen molar-refractivity contribution in [2.45, 2.75) is 44.9 Å². The lowest BCUT2D eigenvalue weighted by atomic mass is 9.76. The summed E-state index contributed by atoms with van der Waals surface area (Å²) in [5.41, 5.74) is 0.921. The molecular weight excluding hydrogens is 347 g/mol. The minimum Gasteiger partial charge on any atom is -0.406 e. The summed E-state index contributed by atoms with van der Waals surface area (Å²) in [6, 6.07) is 6.21. The number of hydrogen-bond acceptors (Lipinski definition) is 3. The normalized spacial score (nSPS) is 23.0. The lowest BCUT2D eigenvalue weighted by molar-refractivity contribution is -0.274. The smallest absolute Gasteiger partial charge is 0.406 e. The molecule has 0 bridgehead atoms. The summed E-state index contributed by atoms with van der Waals surface area (Å²) in [6.45, 7) is 3.11. The molecule has 1 saturated heterocycles. The summed E-state index contributed by atoms with van der Waals surface area (Å²) in [6.07, 6.45) is -1.35. The van der Waals surface area contributed by atoms with Crippen LogP contribution < -0.4 is 4.74 Å². The molecule has 1 spiro atoms. The number of aliphatic hydroxyl groups excluding tert-OH is 1. The van der Waals surface area contributed by atoms with Crippen molar-refractivity contribution in [3.8, 4) is 5.75 Å². The van der Waals surface area contributed by atoms with E-state index >= 15 is 0 Å². The van der Waals surface area contributed by atoms with Crippen molar-refractivity contribution in [2.24, 2.45) is 11.3 Å². The van der Waals surface area contributed by atoms with Crippen molar-refractivity contribution in [2.75, 3.05) is 19.7 Å². The van der Waals surface area contributed by atoms with E-state index in [9.17, 15) is 23.1 Å². The topological polar surface area (TPSA) is 49.8 Å². The van der Waals surface area contributed by atoms with Crippen molar-refractivity contribution in [3.63, 3.8) is 0 Å². The Morgan fingerprint density at radius 2 is 2.15 bits per heavy atom. The van der Waals surface area contributed by atoms with E-state index in [0.717, 1.165) is 24.8 Å². The largest absolute Gasteiger partial charge is 0.573 e. The molecule has 1 N–H and O–H groups in total. The van der Waals surface area contributed by atoms with E-state index in [4.69, 9.17) is 0 Å². The van der Waals surface area contributed by atoms with Gasteiger partial charge in [-0.3, -0.25) is 4.79 Å². The van der Waals surface area contributed by atoms with Crippen LogP contribution in [0.1, 0.15) is 44.1 Å². The van der Waals surface area contributed by atoms with Gasteiger partial charge in [-0.1, -0.05) is 19.1 Å². The van der Waals surface area contributed by atoms with Crippen LogP contribution in [0.4, 0.5) is 13.2 Å². The third-order valence-electron chi connectivity index (χ3n) is 5.69. The number of rotatable bonds is 5. The number of benzene rings is 1. The molecule has 2 fully saturated rings. The molecule has 2 atom stereocenters. The lowest BCUT2D eigenvalue weighted by Gasteiger charge is -2.49. The van der Waals surface area contributed by atoms with Crippen LogP contribution in [0.2, 0.25) is 0 Å². The Morgan fingerprint density at radius 1 is 1.42 bits per heavy atom. The number of nitrogens with zero attached hydrogens (tertiary/aromatic N) is 1. The number of ether oxygens (including phenoxy) is 1. The minimum absolute atomic E-state index is 0.00431. The highest BCUT2D eigenvalue weighted by Crippen LogP contribution is 2.52. The van der Waals surface area contributed by atoms with Crippen LogP contribution in [-0.4, -0.2) is 42.0 Å². The van der Waals surface area contributed by atoms with E-state index in [1.165, 1.54) is 12.1 Å². The Morgan fingerprint density at radius 3 is 2.77 bits per heavy atom. The van der Waals surface area contributed by atoms with E-state index in [1.807, 2.05) is 13.0 Å². The molecule has 2 aliphatic rings. The summed E-state index contributed by atoms with van der Waals surface area (Å²) >= 11 is 0. The molecule has 1 aromatic carbocycles. The van der Waals surface area contributed by atoms with E-state index in [0.29, 0.717) is 19.5 Å². The molecule has 7 heteroatoms. The maximum Gasteiger partial charge on any atom is 0.573 e. The number of amides is 1. The fraction of sp³-hybridized carbons (Fsp3) is 0.632. The highest BCUT2D eigenvalue weighted by molar-refractivity contribution is 5.80. The molecular formula is C19H24F3NO3. The lowest BCUT2D eigenvalue weighted by Crippen LogP contribution is -2.58. The van der Waals surface area contributed by atoms with Gasteiger partial charge >= 0.3 is 6.36 Å².